The summed E-state index contributed by atoms with van der Waals surface area (Å²) < 4.78 is 5.73. The summed E-state index contributed by atoms with van der Waals surface area (Å²) in [6.07, 6.45) is 0.454. The molecule has 0 atom stereocenters. The van der Waals surface area contributed by atoms with Crippen LogP contribution in [0.4, 0.5) is 11.4 Å². The number of carbonyl (C=O) groups excluding carboxylic acids is 1. The molecule has 0 heterocycles. The second-order valence-corrected chi connectivity index (χ2v) is 6.66. The molecule has 0 radical (unpaired) electrons. The number of aryl methyl sites for hydroxylation is 3. The lowest BCUT2D eigenvalue weighted by Crippen LogP contribution is -2.18. The summed E-state index contributed by atoms with van der Waals surface area (Å²) >= 11 is 0. The first-order valence-corrected chi connectivity index (χ1v) is 8.74. The van der Waals surface area contributed by atoms with E-state index < -0.39 is 0 Å². The van der Waals surface area contributed by atoms with Crippen molar-refractivity contribution in [3.8, 4) is 5.75 Å². The SMILES string of the molecule is Cc1cc(C)c(NCCC(=O)Nc2ccccc2OC(C)C)c(C)c1. The van der Waals surface area contributed by atoms with Crippen LogP contribution in [0.5, 0.6) is 5.75 Å². The van der Waals surface area contributed by atoms with Gasteiger partial charge in [0.15, 0.2) is 0 Å². The molecule has 0 spiro atoms. The molecule has 0 aromatic heterocycles. The van der Waals surface area contributed by atoms with Crippen LogP contribution in [0.2, 0.25) is 0 Å². The second-order valence-electron chi connectivity index (χ2n) is 6.66. The smallest absolute Gasteiger partial charge is 0.226 e. The molecule has 134 valence electrons. The van der Waals surface area contributed by atoms with Crippen molar-refractivity contribution >= 4 is 17.3 Å². The van der Waals surface area contributed by atoms with Crippen LogP contribution in [-0.4, -0.2) is 18.6 Å². The molecule has 2 aromatic rings. The molecular weight excluding hydrogens is 312 g/mol. The monoisotopic (exact) mass is 340 g/mol. The summed E-state index contributed by atoms with van der Waals surface area (Å²) in [7, 11) is 0. The highest BCUT2D eigenvalue weighted by molar-refractivity contribution is 5.92. The number of nitrogens with one attached hydrogen (secondary N) is 2. The van der Waals surface area contributed by atoms with E-state index in [1.165, 1.54) is 16.7 Å². The van der Waals surface area contributed by atoms with E-state index in [1.807, 2.05) is 38.1 Å². The largest absolute Gasteiger partial charge is 0.489 e. The normalized spacial score (nSPS) is 10.6. The zero-order chi connectivity index (χ0) is 18.4. The van der Waals surface area contributed by atoms with E-state index >= 15 is 0 Å². The predicted molar refractivity (Wildman–Crippen MR) is 105 cm³/mol. The minimum Gasteiger partial charge on any atom is -0.489 e. The zero-order valence-corrected chi connectivity index (χ0v) is 15.8. The van der Waals surface area contributed by atoms with E-state index in [4.69, 9.17) is 4.74 Å². The molecule has 0 aliphatic heterocycles. The molecule has 2 N–H and O–H groups in total. The van der Waals surface area contributed by atoms with Gasteiger partial charge in [0.25, 0.3) is 0 Å². The van der Waals surface area contributed by atoms with Gasteiger partial charge in [-0.2, -0.15) is 0 Å². The molecule has 2 rings (SSSR count). The molecule has 0 bridgehead atoms. The van der Waals surface area contributed by atoms with Crippen molar-refractivity contribution < 1.29 is 9.53 Å². The van der Waals surface area contributed by atoms with Gasteiger partial charge in [-0.15, -0.1) is 0 Å². The highest BCUT2D eigenvalue weighted by atomic mass is 16.5. The molecule has 0 saturated carbocycles. The van der Waals surface area contributed by atoms with Crippen LogP contribution < -0.4 is 15.4 Å². The molecular formula is C21H28N2O2. The van der Waals surface area contributed by atoms with Crippen molar-refractivity contribution in [3.63, 3.8) is 0 Å². The molecule has 4 nitrogen and oxygen atoms in total. The van der Waals surface area contributed by atoms with Gasteiger partial charge in [0.05, 0.1) is 11.8 Å². The van der Waals surface area contributed by atoms with Gasteiger partial charge in [0.2, 0.25) is 5.91 Å². The number of anilines is 2. The lowest BCUT2D eigenvalue weighted by atomic mass is 10.1. The van der Waals surface area contributed by atoms with Crippen LogP contribution >= 0.6 is 0 Å². The molecule has 2 aromatic carbocycles. The average Bonchev–Trinajstić information content (AvgIpc) is 2.51. The van der Waals surface area contributed by atoms with Gasteiger partial charge in [0.1, 0.15) is 5.75 Å². The third-order valence-electron chi connectivity index (χ3n) is 3.85. The molecule has 0 aliphatic carbocycles. The summed E-state index contributed by atoms with van der Waals surface area (Å²) in [5.74, 6) is 0.666. The molecule has 0 unspecified atom stereocenters. The maximum absolute atomic E-state index is 12.3. The number of benzene rings is 2. The Balaban J connectivity index is 1.92. The van der Waals surface area contributed by atoms with E-state index in [1.54, 1.807) is 0 Å². The van der Waals surface area contributed by atoms with Gasteiger partial charge in [0, 0.05) is 18.7 Å². The first-order chi connectivity index (χ1) is 11.9. The number of para-hydroxylation sites is 2. The van der Waals surface area contributed by atoms with Crippen molar-refractivity contribution in [2.45, 2.75) is 47.1 Å². The number of carbonyl (C=O) groups is 1. The predicted octanol–water partition coefficient (Wildman–Crippen LogP) is 4.84. The Morgan fingerprint density at radius 3 is 2.36 bits per heavy atom. The van der Waals surface area contributed by atoms with Crippen LogP contribution in [0.15, 0.2) is 36.4 Å². The lowest BCUT2D eigenvalue weighted by molar-refractivity contribution is -0.116. The standard InChI is InChI=1S/C21H28N2O2/c1-14(2)25-19-9-7-6-8-18(19)23-20(24)10-11-22-21-16(4)12-15(3)13-17(21)5/h6-9,12-14,22H,10-11H2,1-5H3,(H,23,24). The summed E-state index contributed by atoms with van der Waals surface area (Å²) in [5, 5.41) is 6.32. The molecule has 0 aliphatic rings. The number of amides is 1. The van der Waals surface area contributed by atoms with E-state index in [2.05, 4.69) is 43.5 Å². The molecule has 0 fully saturated rings. The maximum atomic E-state index is 12.3. The Bertz CT molecular complexity index is 715. The van der Waals surface area contributed by atoms with E-state index in [0.717, 1.165) is 5.69 Å². The Hall–Kier alpha value is -2.49. The minimum absolute atomic E-state index is 0.0327. The first-order valence-electron chi connectivity index (χ1n) is 8.74. The van der Waals surface area contributed by atoms with Crippen molar-refractivity contribution in [1.82, 2.24) is 0 Å². The molecule has 0 saturated heterocycles. The van der Waals surface area contributed by atoms with Crippen molar-refractivity contribution in [3.05, 3.63) is 53.1 Å². The molecule has 1 amide bonds. The lowest BCUT2D eigenvalue weighted by Gasteiger charge is -2.16. The van der Waals surface area contributed by atoms with Gasteiger partial charge in [-0.1, -0.05) is 29.8 Å². The van der Waals surface area contributed by atoms with E-state index in [0.29, 0.717) is 24.4 Å². The zero-order valence-electron chi connectivity index (χ0n) is 15.8. The summed E-state index contributed by atoms with van der Waals surface area (Å²) in [6.45, 7) is 10.8. The Kier molecular flexibility index (Phi) is 6.45. The fraction of sp³-hybridized carbons (Fsp3) is 0.381. The third-order valence-corrected chi connectivity index (χ3v) is 3.85. The topological polar surface area (TPSA) is 50.4 Å². The van der Waals surface area contributed by atoms with E-state index in [-0.39, 0.29) is 12.0 Å². The Labute approximate surface area is 150 Å². The molecule has 25 heavy (non-hydrogen) atoms. The van der Waals surface area contributed by atoms with Crippen LogP contribution in [-0.2, 0) is 4.79 Å². The highest BCUT2D eigenvalue weighted by Crippen LogP contribution is 2.25. The quantitative estimate of drug-likeness (QED) is 0.758. The number of hydrogen-bond acceptors (Lipinski definition) is 3. The van der Waals surface area contributed by atoms with Gasteiger partial charge in [-0.05, 0) is 57.9 Å². The first kappa shape index (κ1) is 18.8. The highest BCUT2D eigenvalue weighted by Gasteiger charge is 2.09. The summed E-state index contributed by atoms with van der Waals surface area (Å²) in [6, 6.07) is 11.8. The van der Waals surface area contributed by atoms with E-state index in [9.17, 15) is 4.79 Å². The third kappa shape index (κ3) is 5.52. The molecule has 4 heteroatoms. The van der Waals surface area contributed by atoms with Crippen molar-refractivity contribution in [1.29, 1.82) is 0 Å². The fourth-order valence-corrected chi connectivity index (χ4v) is 2.90. The summed E-state index contributed by atoms with van der Waals surface area (Å²) in [4.78, 5) is 12.3. The van der Waals surface area contributed by atoms with Gasteiger partial charge in [-0.3, -0.25) is 4.79 Å². The maximum Gasteiger partial charge on any atom is 0.226 e. The fourth-order valence-electron chi connectivity index (χ4n) is 2.90. The summed E-state index contributed by atoms with van der Waals surface area (Å²) in [5.41, 5.74) is 5.48. The van der Waals surface area contributed by atoms with Crippen molar-refractivity contribution in [2.24, 2.45) is 0 Å². The van der Waals surface area contributed by atoms with Crippen LogP contribution in [0.3, 0.4) is 0 Å². The number of hydrogen-bond donors (Lipinski definition) is 2. The Morgan fingerprint density at radius 1 is 1.08 bits per heavy atom. The van der Waals surface area contributed by atoms with Gasteiger partial charge < -0.3 is 15.4 Å². The number of ether oxygens (including phenoxy) is 1. The van der Waals surface area contributed by atoms with Gasteiger partial charge in [-0.25, -0.2) is 0 Å². The van der Waals surface area contributed by atoms with Crippen molar-refractivity contribution in [2.75, 3.05) is 17.2 Å². The second kappa shape index (κ2) is 8.56. The van der Waals surface area contributed by atoms with Crippen LogP contribution in [0, 0.1) is 20.8 Å². The van der Waals surface area contributed by atoms with Crippen LogP contribution in [0.1, 0.15) is 37.0 Å². The number of rotatable bonds is 7. The van der Waals surface area contributed by atoms with Crippen LogP contribution in [0.25, 0.3) is 0 Å². The Morgan fingerprint density at radius 2 is 1.72 bits per heavy atom. The average molecular weight is 340 g/mol. The minimum atomic E-state index is -0.0327. The van der Waals surface area contributed by atoms with Gasteiger partial charge >= 0.3 is 0 Å².